The Bertz CT molecular complexity index is 1600. The van der Waals surface area contributed by atoms with Crippen molar-refractivity contribution in [2.45, 2.75) is 13.8 Å². The summed E-state index contributed by atoms with van der Waals surface area (Å²) in [6.45, 7) is 4.78. The van der Waals surface area contributed by atoms with Crippen LogP contribution in [0, 0.1) is 10.1 Å². The average Bonchev–Trinajstić information content (AvgIpc) is 3.07. The van der Waals surface area contributed by atoms with Crippen molar-refractivity contribution in [2.24, 2.45) is 0 Å². The van der Waals surface area contributed by atoms with Crippen LogP contribution in [0.3, 0.4) is 0 Å². The fourth-order valence-corrected chi connectivity index (χ4v) is 3.63. The number of carbonyl (C=O) groups is 3. The molecule has 244 valence electrons. The number of carbonyl (C=O) groups excluding carboxylic acids is 3. The molecule has 46 heavy (non-hydrogen) atoms. The van der Waals surface area contributed by atoms with E-state index in [4.69, 9.17) is 45.0 Å². The molecule has 5 N–H and O–H groups in total. The third-order valence-electron chi connectivity index (χ3n) is 5.19. The van der Waals surface area contributed by atoms with Gasteiger partial charge in [-0.25, -0.2) is 4.98 Å². The van der Waals surface area contributed by atoms with E-state index in [1.807, 2.05) is 13.8 Å². The summed E-state index contributed by atoms with van der Waals surface area (Å²) < 4.78 is 0. The van der Waals surface area contributed by atoms with E-state index in [2.05, 4.69) is 30.9 Å². The second-order valence-corrected chi connectivity index (χ2v) is 9.42. The number of aliphatic hydroxyl groups is 2. The van der Waals surface area contributed by atoms with E-state index in [0.29, 0.717) is 58.2 Å². The van der Waals surface area contributed by atoms with Crippen LogP contribution in [0.25, 0.3) is 11.3 Å². The molecule has 3 aromatic rings. The van der Waals surface area contributed by atoms with Crippen molar-refractivity contribution in [1.29, 1.82) is 0 Å². The van der Waals surface area contributed by atoms with Crippen LogP contribution in [0.1, 0.15) is 45.1 Å². The number of pyridine rings is 3. The molecule has 1 aliphatic rings. The van der Waals surface area contributed by atoms with Gasteiger partial charge >= 0.3 is 0 Å². The number of aldehydes is 1. The van der Waals surface area contributed by atoms with Gasteiger partial charge in [-0.05, 0) is 44.2 Å². The van der Waals surface area contributed by atoms with Gasteiger partial charge in [-0.2, -0.15) is 0 Å². The summed E-state index contributed by atoms with van der Waals surface area (Å²) in [5, 5.41) is 34.2. The molecule has 0 aliphatic carbocycles. The van der Waals surface area contributed by atoms with Gasteiger partial charge in [0.15, 0.2) is 6.29 Å². The molecule has 0 bridgehead atoms. The maximum atomic E-state index is 11.7. The van der Waals surface area contributed by atoms with Gasteiger partial charge in [0.05, 0.1) is 43.7 Å². The fourth-order valence-electron chi connectivity index (χ4n) is 3.08. The predicted molar refractivity (Wildman–Crippen MR) is 174 cm³/mol. The zero-order valence-electron chi connectivity index (χ0n) is 24.7. The molecular weight excluding hydrogens is 665 g/mol. The molecule has 0 fully saturated rings. The van der Waals surface area contributed by atoms with E-state index < -0.39 is 4.92 Å². The maximum absolute atomic E-state index is 11.7. The summed E-state index contributed by atoms with van der Waals surface area (Å²) in [6.07, 6.45) is 9.79. The topological polar surface area (TPSA) is 210 Å². The lowest BCUT2D eigenvalue weighted by atomic mass is 10.1. The highest BCUT2D eigenvalue weighted by atomic mass is 35.5. The third-order valence-corrected chi connectivity index (χ3v) is 6.16. The molecule has 17 heteroatoms. The lowest BCUT2D eigenvalue weighted by Crippen LogP contribution is -2.22. The third kappa shape index (κ3) is 12.6. The molecule has 3 aromatic heterocycles. The molecule has 0 spiro atoms. The Morgan fingerprint density at radius 2 is 1.52 bits per heavy atom. The van der Waals surface area contributed by atoms with Gasteiger partial charge in [0.2, 0.25) is 0 Å². The number of rotatable bonds is 7. The molecule has 0 atom stereocenters. The number of nitrogens with one attached hydrogen (secondary N) is 3. The highest BCUT2D eigenvalue weighted by Crippen LogP contribution is 2.26. The van der Waals surface area contributed by atoms with E-state index >= 15 is 0 Å². The average molecular weight is 695 g/mol. The SMILES string of the molecule is CCNC(=O)c1cnc(-c2ccc(C=O)nc2)c(Cl)c1.CCNC(=O)c1cnc(Cl)c(Cl)c1.CO.O=[N+]([O-])C1=CNC(=CO)C=C1. The first kappa shape index (κ1) is 39.1. The van der Waals surface area contributed by atoms with Crippen LogP contribution in [0.4, 0.5) is 0 Å². The van der Waals surface area contributed by atoms with Crippen molar-refractivity contribution in [3.63, 3.8) is 0 Å². The number of nitro groups is 1. The summed E-state index contributed by atoms with van der Waals surface area (Å²) in [5.41, 5.74) is 2.75. The minimum absolute atomic E-state index is 0.0319. The summed E-state index contributed by atoms with van der Waals surface area (Å²) in [4.78, 5) is 55.0. The normalized spacial score (nSPS) is 11.9. The number of amides is 2. The van der Waals surface area contributed by atoms with E-state index in [0.717, 1.165) is 13.4 Å². The number of allylic oxidation sites excluding steroid dienone is 2. The molecule has 0 unspecified atom stereocenters. The summed E-state index contributed by atoms with van der Waals surface area (Å²) in [6, 6.07) is 6.33. The summed E-state index contributed by atoms with van der Waals surface area (Å²) >= 11 is 17.4. The van der Waals surface area contributed by atoms with Gasteiger partial charge < -0.3 is 26.2 Å². The first-order chi connectivity index (χ1) is 22.0. The first-order valence-corrected chi connectivity index (χ1v) is 14.2. The van der Waals surface area contributed by atoms with Gasteiger partial charge in [-0.3, -0.25) is 34.5 Å². The van der Waals surface area contributed by atoms with Crippen LogP contribution in [0.15, 0.2) is 78.9 Å². The number of halogens is 3. The van der Waals surface area contributed by atoms with Gasteiger partial charge in [0, 0.05) is 50.4 Å². The minimum Gasteiger partial charge on any atom is -0.513 e. The Hall–Kier alpha value is -4.89. The van der Waals surface area contributed by atoms with Gasteiger partial charge in [0.1, 0.15) is 17.1 Å². The second kappa shape index (κ2) is 21.0. The van der Waals surface area contributed by atoms with Crippen molar-refractivity contribution in [1.82, 2.24) is 30.9 Å². The highest BCUT2D eigenvalue weighted by molar-refractivity contribution is 6.41. The molecule has 0 radical (unpaired) electrons. The van der Waals surface area contributed by atoms with Crippen LogP contribution in [-0.2, 0) is 0 Å². The fraction of sp³-hybridized carbons (Fsp3) is 0.172. The van der Waals surface area contributed by atoms with Crippen LogP contribution in [0.5, 0.6) is 0 Å². The molecule has 4 rings (SSSR count). The Labute approximate surface area is 279 Å². The molecule has 4 heterocycles. The number of aliphatic hydroxyl groups excluding tert-OH is 2. The van der Waals surface area contributed by atoms with Crippen molar-refractivity contribution < 1.29 is 29.5 Å². The largest absolute Gasteiger partial charge is 0.513 e. The Morgan fingerprint density at radius 3 is 1.93 bits per heavy atom. The van der Waals surface area contributed by atoms with Crippen molar-refractivity contribution in [3.8, 4) is 11.3 Å². The Balaban J connectivity index is 0.000000354. The molecule has 2 amide bonds. The minimum atomic E-state index is -0.516. The van der Waals surface area contributed by atoms with Crippen LogP contribution in [0.2, 0.25) is 15.2 Å². The molecule has 0 saturated heterocycles. The quantitative estimate of drug-likeness (QED) is 0.0748. The summed E-state index contributed by atoms with van der Waals surface area (Å²) in [5.74, 6) is -0.420. The molecule has 0 saturated carbocycles. The van der Waals surface area contributed by atoms with Crippen molar-refractivity contribution in [3.05, 3.63) is 121 Å². The number of nitrogens with zero attached hydrogens (tertiary/aromatic N) is 4. The maximum Gasteiger partial charge on any atom is 0.285 e. The van der Waals surface area contributed by atoms with E-state index in [1.165, 1.54) is 43.0 Å². The second-order valence-electron chi connectivity index (χ2n) is 8.25. The van der Waals surface area contributed by atoms with Gasteiger partial charge in [-0.1, -0.05) is 34.8 Å². The van der Waals surface area contributed by atoms with Gasteiger partial charge in [0.25, 0.3) is 17.5 Å². The number of hydrogen-bond donors (Lipinski definition) is 5. The predicted octanol–water partition coefficient (Wildman–Crippen LogP) is 4.77. The summed E-state index contributed by atoms with van der Waals surface area (Å²) in [7, 11) is 1.00. The smallest absolute Gasteiger partial charge is 0.285 e. The van der Waals surface area contributed by atoms with Crippen LogP contribution in [-0.4, -0.2) is 68.4 Å². The number of dihydropyridines is 1. The van der Waals surface area contributed by atoms with E-state index in [1.54, 1.807) is 18.2 Å². The van der Waals surface area contributed by atoms with Crippen LogP contribution < -0.4 is 16.0 Å². The lowest BCUT2D eigenvalue weighted by molar-refractivity contribution is -0.419. The number of aromatic nitrogens is 3. The zero-order valence-corrected chi connectivity index (χ0v) is 27.0. The van der Waals surface area contributed by atoms with E-state index in [-0.39, 0.29) is 27.7 Å². The molecule has 14 nitrogen and oxygen atoms in total. The molecule has 0 aromatic carbocycles. The first-order valence-electron chi connectivity index (χ1n) is 13.1. The lowest BCUT2D eigenvalue weighted by Gasteiger charge is -2.06. The van der Waals surface area contributed by atoms with Crippen LogP contribution >= 0.6 is 34.8 Å². The van der Waals surface area contributed by atoms with E-state index in [9.17, 15) is 24.5 Å². The zero-order chi connectivity index (χ0) is 34.6. The molecule has 1 aliphatic heterocycles. The standard InChI is InChI=1S/C14H12ClN3O2.C8H8Cl2N2O.C6H6N2O3.CH4O/c1-2-16-14(20)10-5-12(15)13(18-7-10)9-3-4-11(8-19)17-6-9;1-2-11-8(13)5-3-6(9)7(10)12-4-5;9-4-5-1-2-6(3-7-5)8(10)11;1-2/h3-8H,2H2,1H3,(H,16,20);3-4H,2H2,1H3,(H,11,13);1-4,7,9H;2H,1H3. The van der Waals surface area contributed by atoms with Gasteiger partial charge in [-0.15, -0.1) is 0 Å². The Morgan fingerprint density at radius 1 is 0.935 bits per heavy atom. The number of hydrogen-bond acceptors (Lipinski definition) is 11. The Kier molecular flexibility index (Phi) is 17.8. The highest BCUT2D eigenvalue weighted by Gasteiger charge is 2.12. The van der Waals surface area contributed by atoms with Crippen molar-refractivity contribution >= 4 is 52.9 Å². The molecular formula is C29H30Cl3N7O7. The van der Waals surface area contributed by atoms with Crippen molar-refractivity contribution in [2.75, 3.05) is 20.2 Å². The monoisotopic (exact) mass is 693 g/mol.